The summed E-state index contributed by atoms with van der Waals surface area (Å²) in [5.74, 6) is 0.701. The van der Waals surface area contributed by atoms with Gasteiger partial charge in [0.15, 0.2) is 0 Å². The van der Waals surface area contributed by atoms with Crippen molar-refractivity contribution < 1.29 is 9.13 Å². The van der Waals surface area contributed by atoms with Gasteiger partial charge < -0.3 is 10.1 Å². The summed E-state index contributed by atoms with van der Waals surface area (Å²) in [5.41, 5.74) is 2.42. The van der Waals surface area contributed by atoms with Gasteiger partial charge in [0, 0.05) is 12.6 Å². The molecule has 0 radical (unpaired) electrons. The van der Waals surface area contributed by atoms with E-state index in [0.29, 0.717) is 6.04 Å². The fraction of sp³-hybridized carbons (Fsp3) is 0.333. The van der Waals surface area contributed by atoms with E-state index in [9.17, 15) is 4.39 Å². The summed E-state index contributed by atoms with van der Waals surface area (Å²) in [6, 6.07) is 15.2. The summed E-state index contributed by atoms with van der Waals surface area (Å²) in [6.07, 6.45) is 2.09. The zero-order valence-corrected chi connectivity index (χ0v) is 12.6. The van der Waals surface area contributed by atoms with E-state index in [0.717, 1.165) is 30.7 Å². The number of aryl methyl sites for hydroxylation is 1. The van der Waals surface area contributed by atoms with Crippen molar-refractivity contribution in [2.24, 2.45) is 0 Å². The molecule has 1 atom stereocenters. The van der Waals surface area contributed by atoms with Crippen LogP contribution in [0.4, 0.5) is 4.39 Å². The molecule has 0 heterocycles. The molecule has 0 aliphatic carbocycles. The van der Waals surface area contributed by atoms with Gasteiger partial charge in [-0.25, -0.2) is 4.39 Å². The maximum Gasteiger partial charge on any atom is 0.123 e. The Bertz CT molecular complexity index is 536. The number of hydrogen-bond donors (Lipinski definition) is 1. The van der Waals surface area contributed by atoms with Gasteiger partial charge in [0.2, 0.25) is 0 Å². The number of halogens is 1. The van der Waals surface area contributed by atoms with E-state index in [4.69, 9.17) is 4.74 Å². The SMILES string of the molecule is COc1ccc(CC[C@@H](C)NCc2ccc(F)cc2)cc1. The molecular weight excluding hydrogens is 265 g/mol. The van der Waals surface area contributed by atoms with Crippen LogP contribution in [0.1, 0.15) is 24.5 Å². The number of nitrogens with one attached hydrogen (secondary N) is 1. The van der Waals surface area contributed by atoms with Gasteiger partial charge >= 0.3 is 0 Å². The van der Waals surface area contributed by atoms with Crippen LogP contribution in [0.15, 0.2) is 48.5 Å². The van der Waals surface area contributed by atoms with Crippen LogP contribution in [0.3, 0.4) is 0 Å². The lowest BCUT2D eigenvalue weighted by Crippen LogP contribution is -2.25. The molecule has 112 valence electrons. The second-order valence-electron chi connectivity index (χ2n) is 5.30. The smallest absolute Gasteiger partial charge is 0.123 e. The Hall–Kier alpha value is -1.87. The summed E-state index contributed by atoms with van der Waals surface area (Å²) < 4.78 is 18.0. The molecular formula is C18H22FNO. The molecule has 2 nitrogen and oxygen atoms in total. The molecule has 0 bridgehead atoms. The number of methoxy groups -OCH3 is 1. The summed E-state index contributed by atoms with van der Waals surface area (Å²) in [4.78, 5) is 0. The van der Waals surface area contributed by atoms with Gasteiger partial charge in [-0.1, -0.05) is 24.3 Å². The summed E-state index contributed by atoms with van der Waals surface area (Å²) in [6.45, 7) is 2.94. The Morgan fingerprint density at radius 3 is 2.24 bits per heavy atom. The Balaban J connectivity index is 1.73. The second-order valence-corrected chi connectivity index (χ2v) is 5.30. The lowest BCUT2D eigenvalue weighted by Gasteiger charge is -2.14. The van der Waals surface area contributed by atoms with Crippen molar-refractivity contribution in [1.29, 1.82) is 0 Å². The lowest BCUT2D eigenvalue weighted by molar-refractivity contribution is 0.414. The highest BCUT2D eigenvalue weighted by molar-refractivity contribution is 5.27. The summed E-state index contributed by atoms with van der Waals surface area (Å²) in [5, 5.41) is 3.46. The molecule has 2 aromatic rings. The topological polar surface area (TPSA) is 21.3 Å². The van der Waals surface area contributed by atoms with Crippen LogP contribution in [0.25, 0.3) is 0 Å². The van der Waals surface area contributed by atoms with Crippen LogP contribution in [0, 0.1) is 5.82 Å². The minimum Gasteiger partial charge on any atom is -0.497 e. The van der Waals surface area contributed by atoms with Crippen LogP contribution in [0.2, 0.25) is 0 Å². The molecule has 2 aromatic carbocycles. The highest BCUT2D eigenvalue weighted by Gasteiger charge is 2.03. The van der Waals surface area contributed by atoms with Crippen molar-refractivity contribution in [3.63, 3.8) is 0 Å². The molecule has 2 rings (SSSR count). The predicted molar refractivity (Wildman–Crippen MR) is 84.0 cm³/mol. The third-order valence-electron chi connectivity index (χ3n) is 3.59. The van der Waals surface area contributed by atoms with Crippen molar-refractivity contribution in [1.82, 2.24) is 5.32 Å². The van der Waals surface area contributed by atoms with Gasteiger partial charge in [-0.2, -0.15) is 0 Å². The van der Waals surface area contributed by atoms with E-state index >= 15 is 0 Å². The third-order valence-corrected chi connectivity index (χ3v) is 3.59. The van der Waals surface area contributed by atoms with E-state index in [1.165, 1.54) is 17.7 Å². The lowest BCUT2D eigenvalue weighted by atomic mass is 10.1. The molecule has 21 heavy (non-hydrogen) atoms. The van der Waals surface area contributed by atoms with Gasteiger partial charge in [-0.3, -0.25) is 0 Å². The first kappa shape index (κ1) is 15.5. The van der Waals surface area contributed by atoms with Crippen LogP contribution in [-0.2, 0) is 13.0 Å². The van der Waals surface area contributed by atoms with Crippen LogP contribution < -0.4 is 10.1 Å². The van der Waals surface area contributed by atoms with Gasteiger partial charge in [0.25, 0.3) is 0 Å². The van der Waals surface area contributed by atoms with E-state index in [-0.39, 0.29) is 5.82 Å². The Kier molecular flexibility index (Phi) is 5.76. The average Bonchev–Trinajstić information content (AvgIpc) is 2.53. The Morgan fingerprint density at radius 2 is 1.62 bits per heavy atom. The van der Waals surface area contributed by atoms with Gasteiger partial charge in [-0.05, 0) is 55.2 Å². The highest BCUT2D eigenvalue weighted by Crippen LogP contribution is 2.13. The molecule has 0 saturated heterocycles. The van der Waals surface area contributed by atoms with Crippen LogP contribution in [0.5, 0.6) is 5.75 Å². The molecule has 0 fully saturated rings. The molecule has 0 saturated carbocycles. The number of hydrogen-bond acceptors (Lipinski definition) is 2. The normalized spacial score (nSPS) is 12.1. The third kappa shape index (κ3) is 5.20. The first-order chi connectivity index (χ1) is 10.2. The maximum atomic E-state index is 12.8. The molecule has 0 spiro atoms. The molecule has 0 aliphatic heterocycles. The van der Waals surface area contributed by atoms with Crippen molar-refractivity contribution in [2.75, 3.05) is 7.11 Å². The van der Waals surface area contributed by atoms with Crippen molar-refractivity contribution >= 4 is 0 Å². The van der Waals surface area contributed by atoms with Crippen LogP contribution >= 0.6 is 0 Å². The van der Waals surface area contributed by atoms with Crippen molar-refractivity contribution in [3.8, 4) is 5.75 Å². The van der Waals surface area contributed by atoms with E-state index in [1.54, 1.807) is 7.11 Å². The Labute approximate surface area is 126 Å². The fourth-order valence-electron chi connectivity index (χ4n) is 2.17. The highest BCUT2D eigenvalue weighted by atomic mass is 19.1. The van der Waals surface area contributed by atoms with E-state index < -0.39 is 0 Å². The van der Waals surface area contributed by atoms with E-state index in [1.807, 2.05) is 24.3 Å². The maximum absolute atomic E-state index is 12.8. The minimum atomic E-state index is -0.189. The first-order valence-corrected chi connectivity index (χ1v) is 7.28. The largest absolute Gasteiger partial charge is 0.497 e. The summed E-state index contributed by atoms with van der Waals surface area (Å²) in [7, 11) is 1.68. The van der Waals surface area contributed by atoms with Gasteiger partial charge in [-0.15, -0.1) is 0 Å². The average molecular weight is 287 g/mol. The van der Waals surface area contributed by atoms with Crippen molar-refractivity contribution in [2.45, 2.75) is 32.4 Å². The van der Waals surface area contributed by atoms with Gasteiger partial charge in [0.1, 0.15) is 11.6 Å². The van der Waals surface area contributed by atoms with E-state index in [2.05, 4.69) is 24.4 Å². The second kappa shape index (κ2) is 7.79. The number of rotatable bonds is 7. The zero-order chi connectivity index (χ0) is 15.1. The number of benzene rings is 2. The molecule has 1 N–H and O–H groups in total. The molecule has 0 aromatic heterocycles. The standard InChI is InChI=1S/C18H22FNO/c1-14(20-13-16-5-9-17(19)10-6-16)3-4-15-7-11-18(21-2)12-8-15/h5-12,14,20H,3-4,13H2,1-2H3/t14-/m1/s1. The Morgan fingerprint density at radius 1 is 1.00 bits per heavy atom. The molecule has 0 aliphatic rings. The minimum absolute atomic E-state index is 0.189. The molecule has 0 unspecified atom stereocenters. The van der Waals surface area contributed by atoms with Crippen LogP contribution in [-0.4, -0.2) is 13.2 Å². The monoisotopic (exact) mass is 287 g/mol. The predicted octanol–water partition coefficient (Wildman–Crippen LogP) is 3.95. The van der Waals surface area contributed by atoms with Crippen molar-refractivity contribution in [3.05, 3.63) is 65.5 Å². The molecule has 3 heteroatoms. The van der Waals surface area contributed by atoms with Gasteiger partial charge in [0.05, 0.1) is 7.11 Å². The summed E-state index contributed by atoms with van der Waals surface area (Å²) >= 11 is 0. The fourth-order valence-corrected chi connectivity index (χ4v) is 2.17. The first-order valence-electron chi connectivity index (χ1n) is 7.28. The quantitative estimate of drug-likeness (QED) is 0.832. The zero-order valence-electron chi connectivity index (χ0n) is 12.6. The number of ether oxygens (including phenoxy) is 1. The molecule has 0 amide bonds.